The van der Waals surface area contributed by atoms with Crippen molar-refractivity contribution in [1.82, 2.24) is 10.2 Å². The monoisotopic (exact) mass is 315 g/mol. The molecule has 0 fully saturated rings. The van der Waals surface area contributed by atoms with Crippen molar-refractivity contribution in [2.75, 3.05) is 17.6 Å². The van der Waals surface area contributed by atoms with E-state index in [1.165, 1.54) is 0 Å². The van der Waals surface area contributed by atoms with Gasteiger partial charge in [0.05, 0.1) is 8.66 Å². The summed E-state index contributed by atoms with van der Waals surface area (Å²) in [5, 5.41) is 11.4. The topological polar surface area (TPSA) is 37.8 Å². The number of aromatic nitrogens is 2. The number of anilines is 1. The standard InChI is InChI=1S/C10H10BrN3S2/c11-9-3-2-8(16-9)7-1-4-10(14-13-7)12-5-6-15/h1-4,15H,5-6H2,(H,12,14). The summed E-state index contributed by atoms with van der Waals surface area (Å²) >= 11 is 9.19. The third kappa shape index (κ3) is 2.96. The van der Waals surface area contributed by atoms with Gasteiger partial charge in [-0.15, -0.1) is 21.5 Å². The lowest BCUT2D eigenvalue weighted by molar-refractivity contribution is 1.02. The predicted octanol–water partition coefficient (Wildman–Crippen LogP) is 3.31. The molecule has 0 aliphatic rings. The molecule has 0 aliphatic carbocycles. The van der Waals surface area contributed by atoms with Gasteiger partial charge in [-0.25, -0.2) is 0 Å². The molecule has 0 spiro atoms. The molecule has 2 aromatic heterocycles. The van der Waals surface area contributed by atoms with Gasteiger partial charge in [-0.2, -0.15) is 12.6 Å². The minimum atomic E-state index is 0.779. The second kappa shape index (κ2) is 5.65. The number of thiophene rings is 1. The molecule has 0 saturated carbocycles. The Hall–Kier alpha value is -0.590. The largest absolute Gasteiger partial charge is 0.368 e. The van der Waals surface area contributed by atoms with E-state index >= 15 is 0 Å². The van der Waals surface area contributed by atoms with E-state index < -0.39 is 0 Å². The second-order valence-electron chi connectivity index (χ2n) is 3.06. The molecule has 6 heteroatoms. The molecule has 0 bridgehead atoms. The van der Waals surface area contributed by atoms with Crippen LogP contribution in [0.2, 0.25) is 0 Å². The van der Waals surface area contributed by atoms with E-state index in [9.17, 15) is 0 Å². The average molecular weight is 316 g/mol. The van der Waals surface area contributed by atoms with E-state index in [2.05, 4.69) is 44.1 Å². The molecule has 0 aromatic carbocycles. The van der Waals surface area contributed by atoms with Gasteiger partial charge in [0, 0.05) is 12.3 Å². The lowest BCUT2D eigenvalue weighted by Crippen LogP contribution is -2.04. The van der Waals surface area contributed by atoms with Gasteiger partial charge in [0.15, 0.2) is 0 Å². The van der Waals surface area contributed by atoms with Crippen molar-refractivity contribution < 1.29 is 0 Å². The zero-order valence-electron chi connectivity index (χ0n) is 8.35. The number of nitrogens with zero attached hydrogens (tertiary/aromatic N) is 2. The van der Waals surface area contributed by atoms with Gasteiger partial charge in [0.25, 0.3) is 0 Å². The number of halogens is 1. The third-order valence-corrected chi connectivity index (χ3v) is 3.78. The predicted molar refractivity (Wildman–Crippen MR) is 75.4 cm³/mol. The summed E-state index contributed by atoms with van der Waals surface area (Å²) in [5.41, 5.74) is 0.895. The molecular formula is C10H10BrN3S2. The van der Waals surface area contributed by atoms with Crippen LogP contribution in [0.1, 0.15) is 0 Å². The zero-order valence-corrected chi connectivity index (χ0v) is 11.6. The summed E-state index contributed by atoms with van der Waals surface area (Å²) in [5.74, 6) is 1.56. The number of rotatable bonds is 4. The highest BCUT2D eigenvalue weighted by atomic mass is 79.9. The molecule has 0 saturated heterocycles. The first-order chi connectivity index (χ1) is 7.79. The summed E-state index contributed by atoms with van der Waals surface area (Å²) in [6, 6.07) is 7.93. The molecule has 3 nitrogen and oxygen atoms in total. The van der Waals surface area contributed by atoms with Crippen LogP contribution < -0.4 is 5.32 Å². The number of hydrogen-bond acceptors (Lipinski definition) is 5. The van der Waals surface area contributed by atoms with Crippen LogP contribution in [0, 0.1) is 0 Å². The quantitative estimate of drug-likeness (QED) is 0.850. The van der Waals surface area contributed by atoms with E-state index in [4.69, 9.17) is 0 Å². The lowest BCUT2D eigenvalue weighted by Gasteiger charge is -2.02. The van der Waals surface area contributed by atoms with Crippen LogP contribution in [0.3, 0.4) is 0 Å². The van der Waals surface area contributed by atoms with Crippen LogP contribution in [-0.2, 0) is 0 Å². The molecule has 16 heavy (non-hydrogen) atoms. The van der Waals surface area contributed by atoms with Gasteiger partial charge in [0.1, 0.15) is 11.5 Å². The van der Waals surface area contributed by atoms with Crippen molar-refractivity contribution >= 4 is 45.7 Å². The minimum Gasteiger partial charge on any atom is -0.368 e. The van der Waals surface area contributed by atoms with Gasteiger partial charge in [-0.1, -0.05) is 0 Å². The molecule has 2 rings (SSSR count). The highest BCUT2D eigenvalue weighted by molar-refractivity contribution is 9.11. The Morgan fingerprint density at radius 1 is 1.25 bits per heavy atom. The van der Waals surface area contributed by atoms with E-state index in [1.54, 1.807) is 11.3 Å². The minimum absolute atomic E-state index is 0.779. The summed E-state index contributed by atoms with van der Waals surface area (Å²) in [6.45, 7) is 0.793. The lowest BCUT2D eigenvalue weighted by atomic mass is 10.3. The van der Waals surface area contributed by atoms with Gasteiger partial charge in [-0.05, 0) is 40.2 Å². The molecule has 0 unspecified atom stereocenters. The van der Waals surface area contributed by atoms with Gasteiger partial charge in [0.2, 0.25) is 0 Å². The highest BCUT2D eigenvalue weighted by Gasteiger charge is 2.03. The van der Waals surface area contributed by atoms with Crippen LogP contribution >= 0.6 is 39.9 Å². The fraction of sp³-hybridized carbons (Fsp3) is 0.200. The molecule has 2 aromatic rings. The average Bonchev–Trinajstić information content (AvgIpc) is 2.74. The Labute approximate surface area is 112 Å². The van der Waals surface area contributed by atoms with Gasteiger partial charge >= 0.3 is 0 Å². The van der Waals surface area contributed by atoms with Crippen molar-refractivity contribution in [3.63, 3.8) is 0 Å². The first-order valence-corrected chi connectivity index (χ1v) is 6.98. The van der Waals surface area contributed by atoms with E-state index in [-0.39, 0.29) is 0 Å². The second-order valence-corrected chi connectivity index (χ2v) is 5.97. The number of thiol groups is 1. The van der Waals surface area contributed by atoms with Crippen LogP contribution in [0.4, 0.5) is 5.82 Å². The van der Waals surface area contributed by atoms with Crippen LogP contribution in [0.25, 0.3) is 10.6 Å². The fourth-order valence-corrected chi connectivity index (χ4v) is 2.66. The maximum absolute atomic E-state index is 4.17. The SMILES string of the molecule is SCCNc1ccc(-c2ccc(Br)s2)nn1. The molecule has 0 amide bonds. The van der Waals surface area contributed by atoms with Crippen molar-refractivity contribution in [3.8, 4) is 10.6 Å². The highest BCUT2D eigenvalue weighted by Crippen LogP contribution is 2.29. The van der Waals surface area contributed by atoms with Gasteiger partial charge < -0.3 is 5.32 Å². The van der Waals surface area contributed by atoms with Crippen molar-refractivity contribution in [3.05, 3.63) is 28.1 Å². The summed E-state index contributed by atoms with van der Waals surface area (Å²) in [7, 11) is 0. The Bertz CT molecular complexity index is 455. The maximum Gasteiger partial charge on any atom is 0.148 e. The fourth-order valence-electron chi connectivity index (χ4n) is 1.19. The smallest absolute Gasteiger partial charge is 0.148 e. The molecule has 0 atom stereocenters. The Kier molecular flexibility index (Phi) is 4.20. The van der Waals surface area contributed by atoms with Crippen LogP contribution in [0.15, 0.2) is 28.1 Å². The summed E-state index contributed by atoms with van der Waals surface area (Å²) in [6.07, 6.45) is 0. The van der Waals surface area contributed by atoms with Crippen molar-refractivity contribution in [2.45, 2.75) is 0 Å². The molecule has 1 N–H and O–H groups in total. The normalized spacial score (nSPS) is 10.4. The van der Waals surface area contributed by atoms with Gasteiger partial charge in [-0.3, -0.25) is 0 Å². The zero-order chi connectivity index (χ0) is 11.4. The maximum atomic E-state index is 4.17. The number of hydrogen-bond donors (Lipinski definition) is 2. The third-order valence-electron chi connectivity index (χ3n) is 1.91. The van der Waals surface area contributed by atoms with Crippen LogP contribution in [-0.4, -0.2) is 22.5 Å². The van der Waals surface area contributed by atoms with E-state index in [0.29, 0.717) is 0 Å². The molecule has 2 heterocycles. The Balaban J connectivity index is 2.13. The summed E-state index contributed by atoms with van der Waals surface area (Å²) < 4.78 is 1.10. The molecule has 84 valence electrons. The molecule has 0 aliphatic heterocycles. The van der Waals surface area contributed by atoms with Crippen molar-refractivity contribution in [1.29, 1.82) is 0 Å². The molecular weight excluding hydrogens is 306 g/mol. The first-order valence-electron chi connectivity index (χ1n) is 4.74. The first kappa shape index (κ1) is 11.9. The Morgan fingerprint density at radius 3 is 2.69 bits per heavy atom. The molecule has 0 radical (unpaired) electrons. The number of nitrogens with one attached hydrogen (secondary N) is 1. The van der Waals surface area contributed by atoms with E-state index in [0.717, 1.165) is 32.5 Å². The Morgan fingerprint density at radius 2 is 2.12 bits per heavy atom. The van der Waals surface area contributed by atoms with Crippen molar-refractivity contribution in [2.24, 2.45) is 0 Å². The van der Waals surface area contributed by atoms with Crippen LogP contribution in [0.5, 0.6) is 0 Å². The summed E-state index contributed by atoms with van der Waals surface area (Å²) in [4.78, 5) is 1.11. The van der Waals surface area contributed by atoms with E-state index in [1.807, 2.05) is 24.3 Å².